The van der Waals surface area contributed by atoms with Crippen molar-refractivity contribution in [2.24, 2.45) is 5.92 Å². The SMILES string of the molecule is Cc1cccc(C(=O)OCC(=O)NC(=O)NCC(C)C)c1N. The minimum absolute atomic E-state index is 0.192. The van der Waals surface area contributed by atoms with Gasteiger partial charge in [-0.05, 0) is 24.5 Å². The number of esters is 1. The highest BCUT2D eigenvalue weighted by Gasteiger charge is 2.15. The van der Waals surface area contributed by atoms with Gasteiger partial charge in [-0.15, -0.1) is 0 Å². The summed E-state index contributed by atoms with van der Waals surface area (Å²) in [6, 6.07) is 4.32. The predicted octanol–water partition coefficient (Wildman–Crippen LogP) is 1.22. The van der Waals surface area contributed by atoms with Crippen LogP contribution in [0.1, 0.15) is 29.8 Å². The monoisotopic (exact) mass is 307 g/mol. The average Bonchev–Trinajstić information content (AvgIpc) is 2.45. The molecule has 4 N–H and O–H groups in total. The summed E-state index contributed by atoms with van der Waals surface area (Å²) in [5, 5.41) is 4.59. The second-order valence-corrected chi connectivity index (χ2v) is 5.26. The molecule has 0 saturated heterocycles. The van der Waals surface area contributed by atoms with Gasteiger partial charge >= 0.3 is 12.0 Å². The fraction of sp³-hybridized carbons (Fsp3) is 0.400. The lowest BCUT2D eigenvalue weighted by Gasteiger charge is -2.10. The third-order valence-corrected chi connectivity index (χ3v) is 2.80. The van der Waals surface area contributed by atoms with Gasteiger partial charge in [0, 0.05) is 12.2 Å². The van der Waals surface area contributed by atoms with E-state index in [0.717, 1.165) is 5.56 Å². The molecule has 0 aliphatic heterocycles. The quantitative estimate of drug-likeness (QED) is 0.559. The molecule has 0 bridgehead atoms. The molecule has 1 aromatic carbocycles. The molecule has 22 heavy (non-hydrogen) atoms. The number of anilines is 1. The Bertz CT molecular complexity index is 570. The molecule has 7 nitrogen and oxygen atoms in total. The van der Waals surface area contributed by atoms with E-state index in [2.05, 4.69) is 10.6 Å². The predicted molar refractivity (Wildman–Crippen MR) is 82.3 cm³/mol. The van der Waals surface area contributed by atoms with Gasteiger partial charge in [-0.2, -0.15) is 0 Å². The summed E-state index contributed by atoms with van der Waals surface area (Å²) in [4.78, 5) is 34.7. The second kappa shape index (κ2) is 8.02. The zero-order valence-electron chi connectivity index (χ0n) is 12.9. The minimum Gasteiger partial charge on any atom is -0.452 e. The Labute approximate surface area is 129 Å². The molecule has 3 amide bonds. The molecular formula is C15H21N3O4. The highest BCUT2D eigenvalue weighted by molar-refractivity contribution is 5.99. The van der Waals surface area contributed by atoms with Crippen molar-refractivity contribution < 1.29 is 19.1 Å². The van der Waals surface area contributed by atoms with Gasteiger partial charge < -0.3 is 15.8 Å². The highest BCUT2D eigenvalue weighted by atomic mass is 16.5. The van der Waals surface area contributed by atoms with Gasteiger partial charge in [-0.3, -0.25) is 10.1 Å². The van der Waals surface area contributed by atoms with E-state index >= 15 is 0 Å². The van der Waals surface area contributed by atoms with Gasteiger partial charge in [-0.1, -0.05) is 26.0 Å². The molecule has 0 aromatic heterocycles. The topological polar surface area (TPSA) is 111 Å². The molecule has 0 atom stereocenters. The molecule has 0 aliphatic carbocycles. The number of nitrogens with one attached hydrogen (secondary N) is 2. The first kappa shape index (κ1) is 17.5. The Morgan fingerprint density at radius 1 is 1.27 bits per heavy atom. The fourth-order valence-electron chi connectivity index (χ4n) is 1.57. The lowest BCUT2D eigenvalue weighted by Crippen LogP contribution is -2.42. The first-order chi connectivity index (χ1) is 10.3. The van der Waals surface area contributed by atoms with Crippen LogP contribution in [0.2, 0.25) is 0 Å². The summed E-state index contributed by atoms with van der Waals surface area (Å²) in [5.41, 5.74) is 7.02. The number of urea groups is 1. The summed E-state index contributed by atoms with van der Waals surface area (Å²) in [6.07, 6.45) is 0. The van der Waals surface area contributed by atoms with E-state index in [0.29, 0.717) is 12.2 Å². The van der Waals surface area contributed by atoms with Gasteiger partial charge in [0.05, 0.1) is 5.56 Å². The summed E-state index contributed by atoms with van der Waals surface area (Å²) in [6.45, 7) is 5.50. The standard InChI is InChI=1S/C15H21N3O4/c1-9(2)7-17-15(21)18-12(19)8-22-14(20)11-6-4-5-10(3)13(11)16/h4-6,9H,7-8,16H2,1-3H3,(H2,17,18,19,21). The highest BCUT2D eigenvalue weighted by Crippen LogP contribution is 2.17. The Hall–Kier alpha value is -2.57. The van der Waals surface area contributed by atoms with E-state index in [1.807, 2.05) is 13.8 Å². The van der Waals surface area contributed by atoms with Crippen molar-refractivity contribution >= 4 is 23.6 Å². The molecule has 120 valence electrons. The van der Waals surface area contributed by atoms with Crippen molar-refractivity contribution in [3.05, 3.63) is 29.3 Å². The first-order valence-corrected chi connectivity index (χ1v) is 6.91. The average molecular weight is 307 g/mol. The number of rotatable bonds is 5. The molecule has 0 fully saturated rings. The molecule has 0 aliphatic rings. The molecule has 0 heterocycles. The minimum atomic E-state index is -0.709. The molecule has 0 saturated carbocycles. The Kier molecular flexibility index (Phi) is 6.37. The number of amides is 3. The van der Waals surface area contributed by atoms with Gasteiger partial charge in [0.1, 0.15) is 0 Å². The fourth-order valence-corrected chi connectivity index (χ4v) is 1.57. The number of ether oxygens (including phenoxy) is 1. The van der Waals surface area contributed by atoms with Crippen LogP contribution in [0, 0.1) is 12.8 Å². The van der Waals surface area contributed by atoms with E-state index in [4.69, 9.17) is 10.5 Å². The summed E-state index contributed by atoms with van der Waals surface area (Å²) >= 11 is 0. The van der Waals surface area contributed by atoms with Crippen LogP contribution in [0.15, 0.2) is 18.2 Å². The lowest BCUT2D eigenvalue weighted by atomic mass is 10.1. The maximum absolute atomic E-state index is 11.8. The first-order valence-electron chi connectivity index (χ1n) is 6.91. The number of carbonyl (C=O) groups is 3. The van der Waals surface area contributed by atoms with Crippen LogP contribution in [-0.2, 0) is 9.53 Å². The van der Waals surface area contributed by atoms with Crippen molar-refractivity contribution in [1.82, 2.24) is 10.6 Å². The third-order valence-electron chi connectivity index (χ3n) is 2.80. The molecule has 0 unspecified atom stereocenters. The molecule has 1 rings (SSSR count). The number of benzene rings is 1. The van der Waals surface area contributed by atoms with Gasteiger partial charge in [0.2, 0.25) is 0 Å². The number of carbonyl (C=O) groups excluding carboxylic acids is 3. The van der Waals surface area contributed by atoms with Crippen LogP contribution in [0.25, 0.3) is 0 Å². The Balaban J connectivity index is 2.45. The molecule has 0 radical (unpaired) electrons. The summed E-state index contributed by atoms with van der Waals surface area (Å²) in [5.74, 6) is -1.15. The number of nitrogens with two attached hydrogens (primary N) is 1. The molecule has 1 aromatic rings. The second-order valence-electron chi connectivity index (χ2n) is 5.26. The van der Waals surface area contributed by atoms with E-state index in [9.17, 15) is 14.4 Å². The molecule has 7 heteroatoms. The third kappa shape index (κ3) is 5.43. The number of hydrogen-bond donors (Lipinski definition) is 3. The maximum atomic E-state index is 11.8. The van der Waals surface area contributed by atoms with Crippen molar-refractivity contribution in [2.75, 3.05) is 18.9 Å². The van der Waals surface area contributed by atoms with Crippen molar-refractivity contribution in [3.8, 4) is 0 Å². The van der Waals surface area contributed by atoms with Crippen LogP contribution in [-0.4, -0.2) is 31.1 Å². The zero-order valence-corrected chi connectivity index (χ0v) is 12.9. The summed E-state index contributed by atoms with van der Waals surface area (Å²) < 4.78 is 4.84. The smallest absolute Gasteiger partial charge is 0.340 e. The van der Waals surface area contributed by atoms with Gasteiger partial charge in [0.15, 0.2) is 6.61 Å². The van der Waals surface area contributed by atoms with Crippen molar-refractivity contribution in [2.45, 2.75) is 20.8 Å². The lowest BCUT2D eigenvalue weighted by molar-refractivity contribution is -0.123. The number of nitrogen functional groups attached to an aromatic ring is 1. The van der Waals surface area contributed by atoms with Crippen LogP contribution in [0.3, 0.4) is 0 Å². The molecular weight excluding hydrogens is 286 g/mol. The van der Waals surface area contributed by atoms with E-state index < -0.39 is 24.5 Å². The van der Waals surface area contributed by atoms with Gasteiger partial charge in [0.25, 0.3) is 5.91 Å². The Morgan fingerprint density at radius 2 is 1.95 bits per heavy atom. The van der Waals surface area contributed by atoms with Crippen LogP contribution < -0.4 is 16.4 Å². The maximum Gasteiger partial charge on any atom is 0.340 e. The number of hydrogen-bond acceptors (Lipinski definition) is 5. The zero-order chi connectivity index (χ0) is 16.7. The Morgan fingerprint density at radius 3 is 2.59 bits per heavy atom. The van der Waals surface area contributed by atoms with Gasteiger partial charge in [-0.25, -0.2) is 9.59 Å². The van der Waals surface area contributed by atoms with Crippen molar-refractivity contribution in [3.63, 3.8) is 0 Å². The van der Waals surface area contributed by atoms with E-state index in [1.165, 1.54) is 6.07 Å². The number of aryl methyl sites for hydroxylation is 1. The molecule has 0 spiro atoms. The number of imide groups is 1. The van der Waals surface area contributed by atoms with Crippen molar-refractivity contribution in [1.29, 1.82) is 0 Å². The number of para-hydroxylation sites is 1. The summed E-state index contributed by atoms with van der Waals surface area (Å²) in [7, 11) is 0. The normalized spacial score (nSPS) is 10.2. The van der Waals surface area contributed by atoms with Crippen LogP contribution in [0.4, 0.5) is 10.5 Å². The largest absolute Gasteiger partial charge is 0.452 e. The van der Waals surface area contributed by atoms with E-state index in [1.54, 1.807) is 19.1 Å². The van der Waals surface area contributed by atoms with Crippen LogP contribution >= 0.6 is 0 Å². The van der Waals surface area contributed by atoms with E-state index in [-0.39, 0.29) is 11.5 Å². The van der Waals surface area contributed by atoms with Crippen LogP contribution in [0.5, 0.6) is 0 Å².